The normalized spacial score (nSPS) is 16.7. The van der Waals surface area contributed by atoms with Gasteiger partial charge in [0.05, 0.1) is 18.4 Å². The number of esters is 1. The summed E-state index contributed by atoms with van der Waals surface area (Å²) in [6, 6.07) is 6.25. The van der Waals surface area contributed by atoms with Gasteiger partial charge in [-0.05, 0) is 36.5 Å². The van der Waals surface area contributed by atoms with Gasteiger partial charge in [0.25, 0.3) is 0 Å². The smallest absolute Gasteiger partial charge is 0.337 e. The van der Waals surface area contributed by atoms with Crippen molar-refractivity contribution in [3.63, 3.8) is 0 Å². The lowest BCUT2D eigenvalue weighted by molar-refractivity contribution is 0.0600. The minimum atomic E-state index is -3.53. The van der Waals surface area contributed by atoms with Crippen LogP contribution in [0.1, 0.15) is 48.0 Å². The second kappa shape index (κ2) is 10.1. The Balaban J connectivity index is 0.00000312. The zero-order valence-electron chi connectivity index (χ0n) is 14.4. The number of nitrogens with two attached hydrogens (primary N) is 1. The van der Waals surface area contributed by atoms with Crippen LogP contribution in [-0.2, 0) is 20.5 Å². The first-order valence-corrected chi connectivity index (χ1v) is 9.97. The number of methoxy groups -OCH3 is 1. The summed E-state index contributed by atoms with van der Waals surface area (Å²) in [6.07, 6.45) is 5.50. The summed E-state index contributed by atoms with van der Waals surface area (Å²) in [6.45, 7) is 0.298. The molecule has 8 heteroatoms. The fourth-order valence-electron chi connectivity index (χ4n) is 3.27. The van der Waals surface area contributed by atoms with Gasteiger partial charge in [-0.1, -0.05) is 31.4 Å². The van der Waals surface area contributed by atoms with Gasteiger partial charge in [-0.25, -0.2) is 17.9 Å². The second-order valence-corrected chi connectivity index (χ2v) is 8.06. The Kier molecular flexibility index (Phi) is 8.85. The second-order valence-electron chi connectivity index (χ2n) is 6.31. The Morgan fingerprint density at radius 1 is 1.32 bits per heavy atom. The van der Waals surface area contributed by atoms with Crippen molar-refractivity contribution in [1.29, 1.82) is 0 Å². The molecule has 0 spiro atoms. The van der Waals surface area contributed by atoms with E-state index in [0.717, 1.165) is 25.7 Å². The van der Waals surface area contributed by atoms with Crippen LogP contribution in [0.25, 0.3) is 0 Å². The van der Waals surface area contributed by atoms with E-state index in [4.69, 9.17) is 5.73 Å². The van der Waals surface area contributed by atoms with Crippen LogP contribution in [0, 0.1) is 5.92 Å². The van der Waals surface area contributed by atoms with Crippen molar-refractivity contribution in [2.45, 2.75) is 43.9 Å². The number of rotatable bonds is 7. The number of carbonyl (C=O) groups is 1. The molecule has 0 amide bonds. The lowest BCUT2D eigenvalue weighted by atomic mass is 9.84. The van der Waals surface area contributed by atoms with E-state index in [2.05, 4.69) is 9.46 Å². The van der Waals surface area contributed by atoms with E-state index in [1.165, 1.54) is 13.5 Å². The molecule has 0 saturated heterocycles. The van der Waals surface area contributed by atoms with Crippen LogP contribution in [0.15, 0.2) is 24.3 Å². The molecular weight excluding hydrogens is 364 g/mol. The van der Waals surface area contributed by atoms with Gasteiger partial charge >= 0.3 is 5.97 Å². The summed E-state index contributed by atoms with van der Waals surface area (Å²) in [5.41, 5.74) is 6.68. The Bertz CT molecular complexity index is 660. The minimum absolute atomic E-state index is 0. The van der Waals surface area contributed by atoms with E-state index in [0.29, 0.717) is 23.6 Å². The average molecular weight is 391 g/mol. The number of hydrogen-bond acceptors (Lipinski definition) is 5. The van der Waals surface area contributed by atoms with Gasteiger partial charge in [0.1, 0.15) is 0 Å². The quantitative estimate of drug-likeness (QED) is 0.695. The summed E-state index contributed by atoms with van der Waals surface area (Å²) in [5, 5.41) is 0. The van der Waals surface area contributed by atoms with Gasteiger partial charge in [0.15, 0.2) is 0 Å². The van der Waals surface area contributed by atoms with Crippen LogP contribution in [0.5, 0.6) is 0 Å². The summed E-state index contributed by atoms with van der Waals surface area (Å²) in [4.78, 5) is 11.6. The number of halogens is 1. The highest BCUT2D eigenvalue weighted by molar-refractivity contribution is 7.88. The Hall–Kier alpha value is -1.15. The zero-order chi connectivity index (χ0) is 17.6. The molecule has 142 valence electrons. The van der Waals surface area contributed by atoms with E-state index in [-0.39, 0.29) is 24.2 Å². The predicted octanol–water partition coefficient (Wildman–Crippen LogP) is 2.22. The van der Waals surface area contributed by atoms with Gasteiger partial charge in [-0.2, -0.15) is 0 Å². The highest BCUT2D eigenvalue weighted by atomic mass is 35.5. The number of sulfonamides is 1. The SMILES string of the molecule is COC(=O)c1cccc(CS(=O)(=O)NC(CN)C2CCCCC2)c1.Cl. The predicted molar refractivity (Wildman–Crippen MR) is 100 cm³/mol. The van der Waals surface area contributed by atoms with Gasteiger partial charge in [-0.15, -0.1) is 12.4 Å². The van der Waals surface area contributed by atoms with Gasteiger partial charge in [0.2, 0.25) is 10.0 Å². The number of hydrogen-bond donors (Lipinski definition) is 2. The largest absolute Gasteiger partial charge is 0.465 e. The summed E-state index contributed by atoms with van der Waals surface area (Å²) in [7, 11) is -2.23. The van der Waals surface area contributed by atoms with E-state index in [1.54, 1.807) is 24.3 Å². The fraction of sp³-hybridized carbons (Fsp3) is 0.588. The maximum atomic E-state index is 12.5. The maximum absolute atomic E-state index is 12.5. The first-order valence-electron chi connectivity index (χ1n) is 8.32. The molecule has 0 bridgehead atoms. The van der Waals surface area contributed by atoms with Crippen molar-refractivity contribution in [2.75, 3.05) is 13.7 Å². The van der Waals surface area contributed by atoms with Gasteiger partial charge in [0, 0.05) is 12.6 Å². The molecule has 1 aromatic rings. The molecule has 2 rings (SSSR count). The van der Waals surface area contributed by atoms with Crippen molar-refractivity contribution in [2.24, 2.45) is 11.7 Å². The molecule has 1 aliphatic carbocycles. The van der Waals surface area contributed by atoms with Crippen LogP contribution in [0.3, 0.4) is 0 Å². The third-order valence-electron chi connectivity index (χ3n) is 4.51. The van der Waals surface area contributed by atoms with Crippen LogP contribution in [0.4, 0.5) is 0 Å². The standard InChI is InChI=1S/C17H26N2O4S.ClH/c1-23-17(20)15-9-5-6-13(10-15)12-24(21,22)19-16(11-18)14-7-3-2-4-8-14;/h5-6,9-10,14,16,19H,2-4,7-8,11-12,18H2,1H3;1H. The van der Waals surface area contributed by atoms with Gasteiger partial charge < -0.3 is 10.5 Å². The molecule has 0 radical (unpaired) electrons. The molecule has 1 aromatic carbocycles. The third-order valence-corrected chi connectivity index (χ3v) is 5.88. The molecule has 6 nitrogen and oxygen atoms in total. The average Bonchev–Trinajstić information content (AvgIpc) is 2.59. The lowest BCUT2D eigenvalue weighted by Crippen LogP contribution is -2.46. The highest BCUT2D eigenvalue weighted by Crippen LogP contribution is 2.26. The fourth-order valence-corrected chi connectivity index (χ4v) is 4.72. The van der Waals surface area contributed by atoms with Gasteiger partial charge in [-0.3, -0.25) is 0 Å². The molecule has 1 saturated carbocycles. The van der Waals surface area contributed by atoms with Crippen molar-refractivity contribution < 1.29 is 17.9 Å². The van der Waals surface area contributed by atoms with Crippen molar-refractivity contribution >= 4 is 28.4 Å². The Morgan fingerprint density at radius 2 is 2.00 bits per heavy atom. The highest BCUT2D eigenvalue weighted by Gasteiger charge is 2.26. The molecule has 1 unspecified atom stereocenters. The monoisotopic (exact) mass is 390 g/mol. The molecule has 0 aromatic heterocycles. The molecule has 1 fully saturated rings. The molecule has 1 aliphatic rings. The molecular formula is C17H27ClN2O4S. The molecule has 0 aliphatic heterocycles. The van der Waals surface area contributed by atoms with Crippen molar-refractivity contribution in [3.8, 4) is 0 Å². The zero-order valence-corrected chi connectivity index (χ0v) is 16.1. The van der Waals surface area contributed by atoms with Crippen LogP contribution < -0.4 is 10.5 Å². The number of ether oxygens (including phenoxy) is 1. The van der Waals surface area contributed by atoms with Crippen LogP contribution in [0.2, 0.25) is 0 Å². The summed E-state index contributed by atoms with van der Waals surface area (Å²) in [5.74, 6) is -0.356. The number of carbonyl (C=O) groups excluding carboxylic acids is 1. The maximum Gasteiger partial charge on any atom is 0.337 e. The van der Waals surface area contributed by atoms with Crippen LogP contribution >= 0.6 is 12.4 Å². The first-order chi connectivity index (χ1) is 11.4. The Morgan fingerprint density at radius 3 is 2.60 bits per heavy atom. The van der Waals surface area contributed by atoms with E-state index < -0.39 is 16.0 Å². The minimum Gasteiger partial charge on any atom is -0.465 e. The topological polar surface area (TPSA) is 98.5 Å². The van der Waals surface area contributed by atoms with Crippen molar-refractivity contribution in [3.05, 3.63) is 35.4 Å². The summed E-state index contributed by atoms with van der Waals surface area (Å²) >= 11 is 0. The molecule has 1 atom stereocenters. The first kappa shape index (κ1) is 21.9. The lowest BCUT2D eigenvalue weighted by Gasteiger charge is -2.29. The molecule has 3 N–H and O–H groups in total. The molecule has 0 heterocycles. The number of benzene rings is 1. The van der Waals surface area contributed by atoms with E-state index in [1.807, 2.05) is 0 Å². The van der Waals surface area contributed by atoms with Crippen molar-refractivity contribution in [1.82, 2.24) is 4.72 Å². The van der Waals surface area contributed by atoms with E-state index >= 15 is 0 Å². The summed E-state index contributed by atoms with van der Waals surface area (Å²) < 4.78 is 32.4. The number of nitrogens with one attached hydrogen (secondary N) is 1. The molecule has 25 heavy (non-hydrogen) atoms. The Labute approximate surface area is 156 Å². The van der Waals surface area contributed by atoms with E-state index in [9.17, 15) is 13.2 Å². The third kappa shape index (κ3) is 6.58. The van der Waals surface area contributed by atoms with Crippen LogP contribution in [-0.4, -0.2) is 34.1 Å².